The average molecular weight is 325 g/mol. The number of anilines is 1. The third-order valence-electron chi connectivity index (χ3n) is 5.67. The molecule has 2 aliphatic carbocycles. The number of Topliss-reactive ketones (excluding diaryl/α,β-unsaturated/α-hetero) is 1. The number of rotatable bonds is 4. The molecule has 22 heavy (non-hydrogen) atoms. The summed E-state index contributed by atoms with van der Waals surface area (Å²) in [6.45, 7) is 3.99. The topological polar surface area (TPSA) is 63.2 Å². The van der Waals surface area contributed by atoms with Gasteiger partial charge < -0.3 is 0 Å². The molecule has 2 saturated carbocycles. The number of ketones is 1. The SMILES string of the molecule is CC1(C)C2CCC1(CS(=O)(=O)Nc1cccc(F)c1)C(=O)C2. The fourth-order valence-corrected chi connectivity index (χ4v) is 6.08. The van der Waals surface area contributed by atoms with Crippen LogP contribution in [0.25, 0.3) is 0 Å². The predicted molar refractivity (Wildman–Crippen MR) is 82.4 cm³/mol. The summed E-state index contributed by atoms with van der Waals surface area (Å²) in [6.07, 6.45) is 1.99. The van der Waals surface area contributed by atoms with Gasteiger partial charge in [0.05, 0.1) is 16.9 Å². The summed E-state index contributed by atoms with van der Waals surface area (Å²) in [5.74, 6) is -0.405. The summed E-state index contributed by atoms with van der Waals surface area (Å²) in [6, 6.07) is 5.33. The normalized spacial score (nSPS) is 29.8. The van der Waals surface area contributed by atoms with Crippen LogP contribution in [0.1, 0.15) is 33.1 Å². The van der Waals surface area contributed by atoms with Crippen molar-refractivity contribution in [3.63, 3.8) is 0 Å². The van der Waals surface area contributed by atoms with Gasteiger partial charge in [0, 0.05) is 6.42 Å². The quantitative estimate of drug-likeness (QED) is 0.925. The van der Waals surface area contributed by atoms with Gasteiger partial charge in [-0.3, -0.25) is 9.52 Å². The van der Waals surface area contributed by atoms with Crippen molar-refractivity contribution in [1.82, 2.24) is 0 Å². The first kappa shape index (κ1) is 15.5. The molecule has 4 nitrogen and oxygen atoms in total. The molecular weight excluding hydrogens is 305 g/mol. The third kappa shape index (κ3) is 2.24. The second kappa shape index (κ2) is 4.78. The van der Waals surface area contributed by atoms with Crippen molar-refractivity contribution in [3.05, 3.63) is 30.1 Å². The standard InChI is InChI=1S/C16H20FNO3S/c1-15(2)11-6-7-16(15,14(19)8-11)10-22(20,21)18-13-5-3-4-12(17)9-13/h3-5,9,11,18H,6-8,10H2,1-2H3. The van der Waals surface area contributed by atoms with Gasteiger partial charge >= 0.3 is 0 Å². The number of nitrogens with one attached hydrogen (secondary N) is 1. The van der Waals surface area contributed by atoms with Crippen LogP contribution >= 0.6 is 0 Å². The van der Waals surface area contributed by atoms with E-state index in [0.717, 1.165) is 12.5 Å². The molecule has 6 heteroatoms. The van der Waals surface area contributed by atoms with Crippen LogP contribution in [0.2, 0.25) is 0 Å². The van der Waals surface area contributed by atoms with Gasteiger partial charge in [-0.25, -0.2) is 12.8 Å². The van der Waals surface area contributed by atoms with E-state index < -0.39 is 21.3 Å². The number of carbonyl (C=O) groups excluding carboxylic acids is 1. The highest BCUT2D eigenvalue weighted by atomic mass is 32.2. The Labute approximate surface area is 130 Å². The van der Waals surface area contributed by atoms with Crippen LogP contribution in [0.5, 0.6) is 0 Å². The third-order valence-corrected chi connectivity index (χ3v) is 7.09. The first-order valence-electron chi connectivity index (χ1n) is 7.46. The molecule has 0 radical (unpaired) electrons. The molecule has 0 aliphatic heterocycles. The zero-order valence-electron chi connectivity index (χ0n) is 12.7. The molecule has 1 N–H and O–H groups in total. The minimum atomic E-state index is -3.72. The Kier molecular flexibility index (Phi) is 3.36. The van der Waals surface area contributed by atoms with Crippen LogP contribution in [-0.2, 0) is 14.8 Å². The number of sulfonamides is 1. The maximum absolute atomic E-state index is 13.2. The molecule has 2 aliphatic rings. The van der Waals surface area contributed by atoms with Gasteiger partial charge in [-0.15, -0.1) is 0 Å². The molecule has 1 aromatic rings. The van der Waals surface area contributed by atoms with Crippen molar-refractivity contribution in [1.29, 1.82) is 0 Å². The highest BCUT2D eigenvalue weighted by Crippen LogP contribution is 2.64. The maximum Gasteiger partial charge on any atom is 0.233 e. The van der Waals surface area contributed by atoms with Crippen LogP contribution in [0.4, 0.5) is 10.1 Å². The van der Waals surface area contributed by atoms with E-state index in [2.05, 4.69) is 4.72 Å². The molecule has 2 fully saturated rings. The summed E-state index contributed by atoms with van der Waals surface area (Å²) in [7, 11) is -3.72. The molecule has 0 spiro atoms. The fourth-order valence-electron chi connectivity index (χ4n) is 4.20. The van der Waals surface area contributed by atoms with E-state index in [1.165, 1.54) is 18.2 Å². The Morgan fingerprint density at radius 2 is 2.09 bits per heavy atom. The van der Waals surface area contributed by atoms with Crippen molar-refractivity contribution < 1.29 is 17.6 Å². The van der Waals surface area contributed by atoms with E-state index in [9.17, 15) is 17.6 Å². The first-order valence-corrected chi connectivity index (χ1v) is 9.11. The highest BCUT2D eigenvalue weighted by Gasteiger charge is 2.65. The van der Waals surface area contributed by atoms with Gasteiger partial charge in [-0.1, -0.05) is 19.9 Å². The van der Waals surface area contributed by atoms with Crippen molar-refractivity contribution in [2.45, 2.75) is 33.1 Å². The minimum Gasteiger partial charge on any atom is -0.299 e. The lowest BCUT2D eigenvalue weighted by molar-refractivity contribution is -0.128. The molecule has 2 atom stereocenters. The molecule has 120 valence electrons. The lowest BCUT2D eigenvalue weighted by atomic mass is 9.70. The Bertz CT molecular complexity index is 729. The van der Waals surface area contributed by atoms with Gasteiger partial charge in [-0.2, -0.15) is 0 Å². The van der Waals surface area contributed by atoms with Crippen molar-refractivity contribution in [2.75, 3.05) is 10.5 Å². The molecule has 0 saturated heterocycles. The van der Waals surface area contributed by atoms with E-state index in [1.54, 1.807) is 0 Å². The van der Waals surface area contributed by atoms with Gasteiger partial charge in [-0.05, 0) is 42.4 Å². The minimum absolute atomic E-state index is 0.0540. The molecule has 3 rings (SSSR count). The molecule has 2 bridgehead atoms. The monoisotopic (exact) mass is 325 g/mol. The second-order valence-electron chi connectivity index (χ2n) is 7.04. The van der Waals surface area contributed by atoms with Crippen LogP contribution < -0.4 is 4.72 Å². The van der Waals surface area contributed by atoms with Gasteiger partial charge in [0.15, 0.2) is 0 Å². The van der Waals surface area contributed by atoms with E-state index >= 15 is 0 Å². The Morgan fingerprint density at radius 1 is 1.36 bits per heavy atom. The number of hydrogen-bond donors (Lipinski definition) is 1. The highest BCUT2D eigenvalue weighted by molar-refractivity contribution is 7.92. The van der Waals surface area contributed by atoms with Gasteiger partial charge in [0.1, 0.15) is 11.6 Å². The van der Waals surface area contributed by atoms with Crippen molar-refractivity contribution in [3.8, 4) is 0 Å². The van der Waals surface area contributed by atoms with Crippen LogP contribution in [0.3, 0.4) is 0 Å². The summed E-state index contributed by atoms with van der Waals surface area (Å²) in [4.78, 5) is 12.4. The van der Waals surface area contributed by atoms with Crippen LogP contribution in [0.15, 0.2) is 24.3 Å². The largest absolute Gasteiger partial charge is 0.299 e. The molecule has 0 heterocycles. The number of fused-ring (bicyclic) bond motifs is 2. The first-order chi connectivity index (χ1) is 10.2. The predicted octanol–water partition coefficient (Wildman–Crippen LogP) is 2.96. The van der Waals surface area contributed by atoms with Crippen LogP contribution in [0, 0.1) is 22.6 Å². The fraction of sp³-hybridized carbons (Fsp3) is 0.562. The van der Waals surface area contributed by atoms with Gasteiger partial charge in [0.2, 0.25) is 10.0 Å². The lowest BCUT2D eigenvalue weighted by Crippen LogP contribution is -2.43. The smallest absolute Gasteiger partial charge is 0.233 e. The summed E-state index contributed by atoms with van der Waals surface area (Å²) < 4.78 is 40.6. The van der Waals surface area contributed by atoms with E-state index in [0.29, 0.717) is 12.8 Å². The molecule has 2 unspecified atom stereocenters. The molecule has 1 aromatic carbocycles. The van der Waals surface area contributed by atoms with Crippen molar-refractivity contribution in [2.24, 2.45) is 16.7 Å². The summed E-state index contributed by atoms with van der Waals surface area (Å²) >= 11 is 0. The second-order valence-corrected chi connectivity index (χ2v) is 8.76. The van der Waals surface area contributed by atoms with E-state index in [-0.39, 0.29) is 28.6 Å². The molecule has 0 aromatic heterocycles. The van der Waals surface area contributed by atoms with Gasteiger partial charge in [0.25, 0.3) is 0 Å². The zero-order valence-corrected chi connectivity index (χ0v) is 13.5. The summed E-state index contributed by atoms with van der Waals surface area (Å²) in [5.41, 5.74) is -0.924. The number of hydrogen-bond acceptors (Lipinski definition) is 3. The lowest BCUT2D eigenvalue weighted by Gasteiger charge is -2.36. The Morgan fingerprint density at radius 3 is 2.64 bits per heavy atom. The van der Waals surface area contributed by atoms with E-state index in [4.69, 9.17) is 0 Å². The zero-order chi connectivity index (χ0) is 16.2. The number of benzene rings is 1. The number of carbonyl (C=O) groups is 1. The Hall–Kier alpha value is -1.43. The Balaban J connectivity index is 1.87. The average Bonchev–Trinajstić information content (AvgIpc) is 2.71. The molecule has 0 amide bonds. The summed E-state index contributed by atoms with van der Waals surface area (Å²) in [5, 5.41) is 0. The van der Waals surface area contributed by atoms with E-state index in [1.807, 2.05) is 13.8 Å². The maximum atomic E-state index is 13.2. The molecular formula is C16H20FNO3S. The number of halogens is 1. The van der Waals surface area contributed by atoms with Crippen LogP contribution in [-0.4, -0.2) is 20.0 Å². The van der Waals surface area contributed by atoms with Crippen molar-refractivity contribution >= 4 is 21.5 Å².